The van der Waals surface area contributed by atoms with Crippen molar-refractivity contribution >= 4 is 17.4 Å². The molecule has 0 unspecified atom stereocenters. The number of nitrogens with zero attached hydrogens (tertiary/aromatic N) is 2. The maximum absolute atomic E-state index is 10.3. The van der Waals surface area contributed by atoms with Gasteiger partial charge in [-0.15, -0.1) is 0 Å². The average molecular weight is 284 g/mol. The molecule has 106 valence electrons. The van der Waals surface area contributed by atoms with Crippen LogP contribution in [0.2, 0.25) is 5.15 Å². The number of rotatable bonds is 3. The summed E-state index contributed by atoms with van der Waals surface area (Å²) in [5.41, 5.74) is -0.745. The second-order valence-electron chi connectivity index (χ2n) is 6.43. The Morgan fingerprint density at radius 3 is 2.53 bits per heavy atom. The molecule has 1 aromatic rings. The average Bonchev–Trinajstić information content (AvgIpc) is 2.72. The van der Waals surface area contributed by atoms with E-state index in [2.05, 4.69) is 15.3 Å². The summed E-state index contributed by atoms with van der Waals surface area (Å²) >= 11 is 6.03. The first-order valence-corrected chi connectivity index (χ1v) is 7.18. The van der Waals surface area contributed by atoms with E-state index in [0.717, 1.165) is 25.7 Å². The molecule has 0 aromatic carbocycles. The fourth-order valence-corrected chi connectivity index (χ4v) is 2.49. The molecule has 0 aliphatic heterocycles. The van der Waals surface area contributed by atoms with Crippen LogP contribution in [0, 0.1) is 0 Å². The minimum Gasteiger partial charge on any atom is -0.388 e. The first kappa shape index (κ1) is 14.5. The lowest BCUT2D eigenvalue weighted by molar-refractivity contribution is 0.0614. The van der Waals surface area contributed by atoms with Crippen molar-refractivity contribution in [2.24, 2.45) is 0 Å². The van der Waals surface area contributed by atoms with Crippen molar-refractivity contribution in [2.45, 2.75) is 57.5 Å². The Bertz CT molecular complexity index is 450. The van der Waals surface area contributed by atoms with Gasteiger partial charge in [0.1, 0.15) is 16.8 Å². The fraction of sp³-hybridized carbons (Fsp3) is 0.714. The van der Waals surface area contributed by atoms with Crippen LogP contribution in [0.5, 0.6) is 0 Å². The molecule has 0 radical (unpaired) electrons. The molecule has 0 amide bonds. The quantitative estimate of drug-likeness (QED) is 0.837. The van der Waals surface area contributed by atoms with Crippen LogP contribution in [-0.4, -0.2) is 27.2 Å². The second kappa shape index (κ2) is 5.25. The van der Waals surface area contributed by atoms with E-state index in [1.165, 1.54) is 0 Å². The summed E-state index contributed by atoms with van der Waals surface area (Å²) in [5.74, 6) is 1.39. The second-order valence-corrected chi connectivity index (χ2v) is 6.82. The van der Waals surface area contributed by atoms with Crippen molar-refractivity contribution in [1.29, 1.82) is 0 Å². The van der Waals surface area contributed by atoms with Gasteiger partial charge in [0.2, 0.25) is 0 Å². The SMILES string of the molecule is CC(C)(C)c1nc(Cl)cc(NCC2(O)CCCC2)n1. The van der Waals surface area contributed by atoms with Crippen LogP contribution in [0.25, 0.3) is 0 Å². The lowest BCUT2D eigenvalue weighted by Gasteiger charge is -2.23. The molecule has 1 heterocycles. The highest BCUT2D eigenvalue weighted by Gasteiger charge is 2.31. The third-order valence-corrected chi connectivity index (χ3v) is 3.69. The van der Waals surface area contributed by atoms with E-state index >= 15 is 0 Å². The lowest BCUT2D eigenvalue weighted by Crippen LogP contribution is -2.34. The molecule has 1 saturated carbocycles. The minimum absolute atomic E-state index is 0.147. The molecular weight excluding hydrogens is 262 g/mol. The van der Waals surface area contributed by atoms with E-state index in [1.807, 2.05) is 20.8 Å². The van der Waals surface area contributed by atoms with Crippen molar-refractivity contribution in [2.75, 3.05) is 11.9 Å². The fourth-order valence-electron chi connectivity index (χ4n) is 2.31. The van der Waals surface area contributed by atoms with Crippen LogP contribution >= 0.6 is 11.6 Å². The van der Waals surface area contributed by atoms with Crippen molar-refractivity contribution in [1.82, 2.24) is 9.97 Å². The number of hydrogen-bond donors (Lipinski definition) is 2. The van der Waals surface area contributed by atoms with Gasteiger partial charge in [0.25, 0.3) is 0 Å². The first-order valence-electron chi connectivity index (χ1n) is 6.80. The Balaban J connectivity index is 2.10. The van der Waals surface area contributed by atoms with Crippen molar-refractivity contribution in [3.8, 4) is 0 Å². The summed E-state index contributed by atoms with van der Waals surface area (Å²) in [6, 6.07) is 1.70. The first-order chi connectivity index (χ1) is 8.78. The zero-order chi connectivity index (χ0) is 14.1. The van der Waals surface area contributed by atoms with Gasteiger partial charge >= 0.3 is 0 Å². The zero-order valence-corrected chi connectivity index (χ0v) is 12.6. The monoisotopic (exact) mass is 283 g/mol. The molecule has 2 N–H and O–H groups in total. The normalized spacial score (nSPS) is 18.6. The molecule has 1 aliphatic carbocycles. The summed E-state index contributed by atoms with van der Waals surface area (Å²) in [4.78, 5) is 8.73. The number of anilines is 1. The highest BCUT2D eigenvalue weighted by Crippen LogP contribution is 2.30. The zero-order valence-electron chi connectivity index (χ0n) is 11.8. The summed E-state index contributed by atoms with van der Waals surface area (Å²) in [6.45, 7) is 6.66. The van der Waals surface area contributed by atoms with Crippen LogP contribution in [-0.2, 0) is 5.41 Å². The molecular formula is C14H22ClN3O. The highest BCUT2D eigenvalue weighted by molar-refractivity contribution is 6.29. The van der Waals surface area contributed by atoms with Gasteiger partial charge in [0.05, 0.1) is 5.60 Å². The molecule has 1 fully saturated rings. The maximum Gasteiger partial charge on any atom is 0.137 e. The summed E-state index contributed by atoms with van der Waals surface area (Å²) in [7, 11) is 0. The third kappa shape index (κ3) is 3.80. The summed E-state index contributed by atoms with van der Waals surface area (Å²) in [5, 5.41) is 13.9. The van der Waals surface area contributed by atoms with Gasteiger partial charge in [-0.2, -0.15) is 0 Å². The van der Waals surface area contributed by atoms with Crippen LogP contribution in [0.4, 0.5) is 5.82 Å². The Kier molecular flexibility index (Phi) is 4.02. The van der Waals surface area contributed by atoms with Gasteiger partial charge < -0.3 is 10.4 Å². The number of aliphatic hydroxyl groups is 1. The lowest BCUT2D eigenvalue weighted by atomic mass is 9.96. The third-order valence-electron chi connectivity index (χ3n) is 3.50. The molecule has 0 bridgehead atoms. The van der Waals surface area contributed by atoms with E-state index in [0.29, 0.717) is 23.3 Å². The van der Waals surface area contributed by atoms with E-state index in [1.54, 1.807) is 6.07 Å². The maximum atomic E-state index is 10.3. The van der Waals surface area contributed by atoms with Crippen LogP contribution in [0.3, 0.4) is 0 Å². The molecule has 0 spiro atoms. The Hall–Kier alpha value is -0.870. The molecule has 19 heavy (non-hydrogen) atoms. The van der Waals surface area contributed by atoms with Gasteiger partial charge in [-0.25, -0.2) is 9.97 Å². The van der Waals surface area contributed by atoms with Crippen LogP contribution in [0.15, 0.2) is 6.07 Å². The predicted molar refractivity (Wildman–Crippen MR) is 77.6 cm³/mol. The molecule has 1 aliphatic rings. The minimum atomic E-state index is -0.598. The van der Waals surface area contributed by atoms with Gasteiger partial charge in [0.15, 0.2) is 0 Å². The standard InChI is InChI=1S/C14H22ClN3O/c1-13(2,3)12-17-10(15)8-11(18-12)16-9-14(19)6-4-5-7-14/h8,19H,4-7,9H2,1-3H3,(H,16,17,18). The summed E-state index contributed by atoms with van der Waals surface area (Å²) < 4.78 is 0. The predicted octanol–water partition coefficient (Wildman–Crippen LogP) is 3.14. The molecule has 0 saturated heterocycles. The van der Waals surface area contributed by atoms with Crippen LogP contribution < -0.4 is 5.32 Å². The molecule has 2 rings (SSSR count). The van der Waals surface area contributed by atoms with Gasteiger partial charge in [-0.3, -0.25) is 0 Å². The van der Waals surface area contributed by atoms with Gasteiger partial charge in [-0.1, -0.05) is 45.2 Å². The smallest absolute Gasteiger partial charge is 0.137 e. The Morgan fingerprint density at radius 2 is 1.95 bits per heavy atom. The Morgan fingerprint density at radius 1 is 1.32 bits per heavy atom. The van der Waals surface area contributed by atoms with Gasteiger partial charge in [-0.05, 0) is 12.8 Å². The van der Waals surface area contributed by atoms with Gasteiger partial charge in [0, 0.05) is 18.0 Å². The molecule has 1 aromatic heterocycles. The van der Waals surface area contributed by atoms with E-state index in [4.69, 9.17) is 11.6 Å². The molecule has 4 nitrogen and oxygen atoms in total. The number of nitrogens with one attached hydrogen (secondary N) is 1. The Labute approximate surface area is 119 Å². The van der Waals surface area contributed by atoms with E-state index in [9.17, 15) is 5.11 Å². The van der Waals surface area contributed by atoms with Crippen molar-refractivity contribution in [3.05, 3.63) is 17.0 Å². The molecule has 5 heteroatoms. The molecule has 0 atom stereocenters. The largest absolute Gasteiger partial charge is 0.388 e. The number of halogens is 1. The summed E-state index contributed by atoms with van der Waals surface area (Å²) in [6.07, 6.45) is 3.89. The van der Waals surface area contributed by atoms with Crippen molar-refractivity contribution < 1.29 is 5.11 Å². The van der Waals surface area contributed by atoms with Crippen molar-refractivity contribution in [3.63, 3.8) is 0 Å². The number of hydrogen-bond acceptors (Lipinski definition) is 4. The van der Waals surface area contributed by atoms with E-state index < -0.39 is 5.60 Å². The highest BCUT2D eigenvalue weighted by atomic mass is 35.5. The van der Waals surface area contributed by atoms with E-state index in [-0.39, 0.29) is 5.41 Å². The topological polar surface area (TPSA) is 58.0 Å². The number of aromatic nitrogens is 2. The van der Waals surface area contributed by atoms with Crippen LogP contribution in [0.1, 0.15) is 52.3 Å².